The molecule has 3 aromatic rings. The maximum atomic E-state index is 6.57. The van der Waals surface area contributed by atoms with Gasteiger partial charge in [0, 0.05) is 17.5 Å². The van der Waals surface area contributed by atoms with Crippen molar-refractivity contribution in [2.75, 3.05) is 20.1 Å². The molecule has 0 radical (unpaired) electrons. The van der Waals surface area contributed by atoms with Gasteiger partial charge in [0.15, 0.2) is 0 Å². The minimum Gasteiger partial charge on any atom is -0.306 e. The predicted molar refractivity (Wildman–Crippen MR) is 92.3 cm³/mol. The van der Waals surface area contributed by atoms with Crippen molar-refractivity contribution in [1.82, 2.24) is 24.5 Å². The maximum Gasteiger partial charge on any atom is 0.103 e. The average Bonchev–Trinajstić information content (AvgIpc) is 3.13. The van der Waals surface area contributed by atoms with Crippen LogP contribution in [0, 0.1) is 0 Å². The first kappa shape index (κ1) is 14.7. The van der Waals surface area contributed by atoms with Gasteiger partial charge in [-0.05, 0) is 56.6 Å². The molecule has 4 rings (SSSR count). The molecule has 1 fully saturated rings. The fraction of sp³-hybridized carbons (Fsp3) is 0.412. The number of hydrogen-bond donors (Lipinski definition) is 0. The number of halogens is 1. The van der Waals surface area contributed by atoms with Gasteiger partial charge in [-0.25, -0.2) is 4.68 Å². The number of piperidine rings is 1. The maximum absolute atomic E-state index is 6.57. The smallest absolute Gasteiger partial charge is 0.103 e. The topological polar surface area (TPSA) is 38.9 Å². The summed E-state index contributed by atoms with van der Waals surface area (Å²) in [6, 6.07) is 4.26. The summed E-state index contributed by atoms with van der Waals surface area (Å²) in [4.78, 5) is 2.38. The molecule has 1 saturated heterocycles. The van der Waals surface area contributed by atoms with Gasteiger partial charge in [-0.15, -0.1) is 0 Å². The summed E-state index contributed by atoms with van der Waals surface area (Å²) in [5, 5.41) is 10.7. The minimum atomic E-state index is 0.528. The molecule has 2 aromatic heterocycles. The largest absolute Gasteiger partial charge is 0.306 e. The molecule has 1 aliphatic heterocycles. The van der Waals surface area contributed by atoms with Crippen LogP contribution in [-0.4, -0.2) is 44.6 Å². The molecule has 0 spiro atoms. The van der Waals surface area contributed by atoms with E-state index in [1.807, 2.05) is 36.4 Å². The van der Waals surface area contributed by atoms with Crippen molar-refractivity contribution in [3.63, 3.8) is 0 Å². The number of benzene rings is 1. The fourth-order valence-electron chi connectivity index (χ4n) is 3.42. The highest BCUT2D eigenvalue weighted by molar-refractivity contribution is 6.32. The van der Waals surface area contributed by atoms with Gasteiger partial charge in [-0.3, -0.25) is 4.68 Å². The summed E-state index contributed by atoms with van der Waals surface area (Å²) < 4.78 is 3.73. The van der Waals surface area contributed by atoms with Gasteiger partial charge >= 0.3 is 0 Å². The van der Waals surface area contributed by atoms with E-state index in [1.165, 1.54) is 5.56 Å². The average molecular weight is 330 g/mol. The van der Waals surface area contributed by atoms with Crippen LogP contribution >= 0.6 is 11.6 Å². The highest BCUT2D eigenvalue weighted by atomic mass is 35.5. The molecule has 0 amide bonds. The summed E-state index contributed by atoms with van der Waals surface area (Å²) >= 11 is 6.57. The van der Waals surface area contributed by atoms with Crippen molar-refractivity contribution >= 4 is 22.5 Å². The van der Waals surface area contributed by atoms with Crippen LogP contribution in [0.15, 0.2) is 30.7 Å². The second-order valence-electron chi connectivity index (χ2n) is 6.44. The highest BCUT2D eigenvalue weighted by Crippen LogP contribution is 2.35. The van der Waals surface area contributed by atoms with Gasteiger partial charge in [-0.2, -0.15) is 10.2 Å². The van der Waals surface area contributed by atoms with Crippen LogP contribution in [0.2, 0.25) is 5.02 Å². The van der Waals surface area contributed by atoms with Crippen molar-refractivity contribution in [2.24, 2.45) is 7.05 Å². The molecule has 0 N–H and O–H groups in total. The Bertz CT molecular complexity index is 842. The van der Waals surface area contributed by atoms with Gasteiger partial charge in [-0.1, -0.05) is 11.6 Å². The molecule has 23 heavy (non-hydrogen) atoms. The zero-order valence-electron chi connectivity index (χ0n) is 13.4. The molecule has 5 nitrogen and oxygen atoms in total. The van der Waals surface area contributed by atoms with E-state index in [0.29, 0.717) is 5.92 Å². The lowest BCUT2D eigenvalue weighted by molar-refractivity contribution is 0.255. The first-order valence-electron chi connectivity index (χ1n) is 7.96. The second-order valence-corrected chi connectivity index (χ2v) is 6.85. The third-order valence-electron chi connectivity index (χ3n) is 4.78. The zero-order valence-corrected chi connectivity index (χ0v) is 14.2. The van der Waals surface area contributed by atoms with Gasteiger partial charge in [0.05, 0.1) is 24.1 Å². The van der Waals surface area contributed by atoms with E-state index in [1.54, 1.807) is 4.68 Å². The third kappa shape index (κ3) is 2.64. The van der Waals surface area contributed by atoms with Crippen LogP contribution in [0.4, 0.5) is 0 Å². The van der Waals surface area contributed by atoms with Gasteiger partial charge in [0.1, 0.15) is 5.69 Å². The molecular formula is C17H20ClN5. The summed E-state index contributed by atoms with van der Waals surface area (Å²) in [7, 11) is 4.09. The van der Waals surface area contributed by atoms with Crippen LogP contribution < -0.4 is 0 Å². The normalized spacial score (nSPS) is 17.2. The van der Waals surface area contributed by atoms with E-state index >= 15 is 0 Å². The predicted octanol–water partition coefficient (Wildman–Crippen LogP) is 3.22. The van der Waals surface area contributed by atoms with E-state index in [-0.39, 0.29) is 0 Å². The Morgan fingerprint density at radius 3 is 2.57 bits per heavy atom. The monoisotopic (exact) mass is 329 g/mol. The molecule has 0 atom stereocenters. The van der Waals surface area contributed by atoms with Crippen molar-refractivity contribution in [1.29, 1.82) is 0 Å². The lowest BCUT2D eigenvalue weighted by Crippen LogP contribution is -2.29. The quantitative estimate of drug-likeness (QED) is 0.724. The van der Waals surface area contributed by atoms with Crippen molar-refractivity contribution in [2.45, 2.75) is 18.8 Å². The molecule has 1 aromatic carbocycles. The number of hydrogen-bond acceptors (Lipinski definition) is 3. The molecule has 120 valence electrons. The zero-order chi connectivity index (χ0) is 16.0. The van der Waals surface area contributed by atoms with Crippen LogP contribution in [0.3, 0.4) is 0 Å². The number of likely N-dealkylation sites (tertiary alicyclic amines) is 1. The third-order valence-corrected chi connectivity index (χ3v) is 5.11. The lowest BCUT2D eigenvalue weighted by atomic mass is 9.89. The second kappa shape index (κ2) is 5.65. The first-order chi connectivity index (χ1) is 11.1. The first-order valence-corrected chi connectivity index (χ1v) is 8.34. The molecule has 0 unspecified atom stereocenters. The number of aryl methyl sites for hydroxylation is 1. The summed E-state index contributed by atoms with van der Waals surface area (Å²) in [6.45, 7) is 2.25. The minimum absolute atomic E-state index is 0.528. The fourth-order valence-corrected chi connectivity index (χ4v) is 3.74. The lowest BCUT2D eigenvalue weighted by Gasteiger charge is -2.29. The summed E-state index contributed by atoms with van der Waals surface area (Å²) in [5.41, 5.74) is 3.31. The molecular weight excluding hydrogens is 310 g/mol. The van der Waals surface area contributed by atoms with Gasteiger partial charge in [0.2, 0.25) is 0 Å². The Labute approximate surface area is 140 Å². The Morgan fingerprint density at radius 1 is 1.09 bits per heavy atom. The Hall–Kier alpha value is -1.85. The van der Waals surface area contributed by atoms with Crippen LogP contribution in [0.25, 0.3) is 16.6 Å². The van der Waals surface area contributed by atoms with Gasteiger partial charge in [0.25, 0.3) is 0 Å². The highest BCUT2D eigenvalue weighted by Gasteiger charge is 2.22. The standard InChI is InChI=1S/C17H20ClN5/c1-21-5-3-12(4-6-21)15-8-17-13(7-16(15)18)9-20-23(17)14-10-19-22(2)11-14/h7-12H,3-6H2,1-2H3. The van der Waals surface area contributed by atoms with E-state index in [0.717, 1.165) is 47.5 Å². The van der Waals surface area contributed by atoms with E-state index in [2.05, 4.69) is 28.2 Å². The Kier molecular flexibility index (Phi) is 3.62. The number of fused-ring (bicyclic) bond motifs is 1. The molecule has 0 saturated carbocycles. The molecule has 6 heteroatoms. The Morgan fingerprint density at radius 2 is 1.87 bits per heavy atom. The van der Waals surface area contributed by atoms with E-state index in [9.17, 15) is 0 Å². The van der Waals surface area contributed by atoms with Crippen molar-refractivity contribution in [3.05, 3.63) is 41.3 Å². The number of rotatable bonds is 2. The van der Waals surface area contributed by atoms with Gasteiger partial charge < -0.3 is 4.90 Å². The summed E-state index contributed by atoms with van der Waals surface area (Å²) in [6.07, 6.45) is 7.98. The molecule has 0 bridgehead atoms. The SMILES string of the molecule is CN1CCC(c2cc3c(cnn3-c3cnn(C)c3)cc2Cl)CC1. The summed E-state index contributed by atoms with van der Waals surface area (Å²) in [5.74, 6) is 0.528. The van der Waals surface area contributed by atoms with Crippen LogP contribution in [0.1, 0.15) is 24.3 Å². The number of aromatic nitrogens is 4. The molecule has 0 aliphatic carbocycles. The van der Waals surface area contributed by atoms with Crippen molar-refractivity contribution in [3.8, 4) is 5.69 Å². The van der Waals surface area contributed by atoms with Crippen LogP contribution in [0.5, 0.6) is 0 Å². The molecule has 1 aliphatic rings. The van der Waals surface area contributed by atoms with E-state index < -0.39 is 0 Å². The Balaban J connectivity index is 1.78. The van der Waals surface area contributed by atoms with E-state index in [4.69, 9.17) is 11.6 Å². The van der Waals surface area contributed by atoms with Crippen LogP contribution in [-0.2, 0) is 7.05 Å². The van der Waals surface area contributed by atoms with Crippen molar-refractivity contribution < 1.29 is 0 Å². The number of nitrogens with zero attached hydrogens (tertiary/aromatic N) is 5. The molecule has 3 heterocycles.